The van der Waals surface area contributed by atoms with Gasteiger partial charge in [0.05, 0.1) is 6.33 Å². The van der Waals surface area contributed by atoms with E-state index in [1.54, 1.807) is 12.5 Å². The van der Waals surface area contributed by atoms with Crippen molar-refractivity contribution in [1.29, 1.82) is 0 Å². The van der Waals surface area contributed by atoms with E-state index in [0.717, 1.165) is 13.0 Å². The van der Waals surface area contributed by atoms with Gasteiger partial charge in [0.15, 0.2) is 0 Å². The first kappa shape index (κ1) is 11.8. The quantitative estimate of drug-likeness (QED) is 0.770. The standard InChI is InChI=1S/C11H19N3O/c1-10(2)3-4-11(15)13-6-8-14-7-5-12-9-14/h5,7,9-10H,3-4,6,8H2,1-2H3,(H,13,15). The molecule has 1 aromatic rings. The molecule has 0 bridgehead atoms. The lowest BCUT2D eigenvalue weighted by Gasteiger charge is -2.06. The minimum Gasteiger partial charge on any atom is -0.354 e. The Hall–Kier alpha value is -1.32. The van der Waals surface area contributed by atoms with E-state index < -0.39 is 0 Å². The fourth-order valence-corrected chi connectivity index (χ4v) is 1.25. The van der Waals surface area contributed by atoms with Crippen LogP contribution in [0.4, 0.5) is 0 Å². The van der Waals surface area contributed by atoms with Crippen LogP contribution >= 0.6 is 0 Å². The van der Waals surface area contributed by atoms with Gasteiger partial charge in [-0.1, -0.05) is 13.8 Å². The number of aromatic nitrogens is 2. The highest BCUT2D eigenvalue weighted by Gasteiger charge is 2.02. The lowest BCUT2D eigenvalue weighted by Crippen LogP contribution is -2.26. The van der Waals surface area contributed by atoms with Crippen LogP contribution in [0.3, 0.4) is 0 Å². The minimum atomic E-state index is 0.142. The topological polar surface area (TPSA) is 46.9 Å². The van der Waals surface area contributed by atoms with Crippen LogP contribution in [0.5, 0.6) is 0 Å². The summed E-state index contributed by atoms with van der Waals surface area (Å²) in [5.41, 5.74) is 0. The molecule has 1 aromatic heterocycles. The molecule has 0 atom stereocenters. The number of hydrogen-bond acceptors (Lipinski definition) is 2. The summed E-state index contributed by atoms with van der Waals surface area (Å²) in [6, 6.07) is 0. The van der Waals surface area contributed by atoms with E-state index in [9.17, 15) is 4.79 Å². The molecule has 15 heavy (non-hydrogen) atoms. The summed E-state index contributed by atoms with van der Waals surface area (Å²) >= 11 is 0. The van der Waals surface area contributed by atoms with Crippen LogP contribution in [0.1, 0.15) is 26.7 Å². The van der Waals surface area contributed by atoms with Crippen molar-refractivity contribution >= 4 is 5.91 Å². The predicted molar refractivity (Wildman–Crippen MR) is 59.3 cm³/mol. The molecule has 0 saturated heterocycles. The summed E-state index contributed by atoms with van der Waals surface area (Å²) in [5.74, 6) is 0.730. The zero-order valence-corrected chi connectivity index (χ0v) is 9.44. The molecule has 4 heteroatoms. The van der Waals surface area contributed by atoms with Crippen LogP contribution in [0.15, 0.2) is 18.7 Å². The van der Waals surface area contributed by atoms with E-state index in [-0.39, 0.29) is 5.91 Å². The average molecular weight is 209 g/mol. The number of imidazole rings is 1. The molecule has 0 aromatic carbocycles. The third-order valence-corrected chi connectivity index (χ3v) is 2.20. The number of carbonyl (C=O) groups excluding carboxylic acids is 1. The number of amides is 1. The summed E-state index contributed by atoms with van der Waals surface area (Å²) in [7, 11) is 0. The van der Waals surface area contributed by atoms with Gasteiger partial charge in [-0.05, 0) is 12.3 Å². The molecule has 0 unspecified atom stereocenters. The smallest absolute Gasteiger partial charge is 0.220 e. The second-order valence-corrected chi connectivity index (χ2v) is 4.08. The van der Waals surface area contributed by atoms with E-state index in [0.29, 0.717) is 18.9 Å². The largest absolute Gasteiger partial charge is 0.354 e. The van der Waals surface area contributed by atoms with Crippen molar-refractivity contribution in [1.82, 2.24) is 14.9 Å². The highest BCUT2D eigenvalue weighted by atomic mass is 16.1. The maximum absolute atomic E-state index is 11.3. The number of hydrogen-bond donors (Lipinski definition) is 1. The highest BCUT2D eigenvalue weighted by Crippen LogP contribution is 2.02. The molecule has 0 saturated carbocycles. The summed E-state index contributed by atoms with van der Waals surface area (Å²) in [4.78, 5) is 15.3. The van der Waals surface area contributed by atoms with Gasteiger partial charge in [0.1, 0.15) is 0 Å². The van der Waals surface area contributed by atoms with Crippen molar-refractivity contribution in [2.75, 3.05) is 6.54 Å². The van der Waals surface area contributed by atoms with Gasteiger partial charge in [-0.15, -0.1) is 0 Å². The molecule has 4 nitrogen and oxygen atoms in total. The molecule has 0 fully saturated rings. The van der Waals surface area contributed by atoms with Crippen LogP contribution < -0.4 is 5.32 Å². The number of nitrogens with one attached hydrogen (secondary N) is 1. The molecule has 0 aliphatic rings. The second kappa shape index (κ2) is 6.22. The van der Waals surface area contributed by atoms with Gasteiger partial charge in [-0.25, -0.2) is 4.98 Å². The maximum atomic E-state index is 11.3. The molecule has 0 aliphatic carbocycles. The molecule has 0 radical (unpaired) electrons. The van der Waals surface area contributed by atoms with Crippen molar-refractivity contribution in [2.24, 2.45) is 5.92 Å². The highest BCUT2D eigenvalue weighted by molar-refractivity contribution is 5.75. The van der Waals surface area contributed by atoms with Crippen molar-refractivity contribution in [3.05, 3.63) is 18.7 Å². The van der Waals surface area contributed by atoms with Crippen LogP contribution in [0.2, 0.25) is 0 Å². The van der Waals surface area contributed by atoms with E-state index in [1.165, 1.54) is 0 Å². The van der Waals surface area contributed by atoms with Gasteiger partial charge in [0.25, 0.3) is 0 Å². The molecule has 1 heterocycles. The normalized spacial score (nSPS) is 10.6. The van der Waals surface area contributed by atoms with Crippen LogP contribution in [0.25, 0.3) is 0 Å². The van der Waals surface area contributed by atoms with Crippen molar-refractivity contribution < 1.29 is 4.79 Å². The Kier molecular flexibility index (Phi) is 4.87. The van der Waals surface area contributed by atoms with Crippen LogP contribution in [0, 0.1) is 5.92 Å². The molecular formula is C11H19N3O. The van der Waals surface area contributed by atoms with Gasteiger partial charge in [-0.2, -0.15) is 0 Å². The van der Waals surface area contributed by atoms with Gasteiger partial charge >= 0.3 is 0 Å². The van der Waals surface area contributed by atoms with E-state index in [2.05, 4.69) is 24.1 Å². The number of rotatable bonds is 6. The fourth-order valence-electron chi connectivity index (χ4n) is 1.25. The number of carbonyl (C=O) groups is 1. The Bertz CT molecular complexity index is 280. The van der Waals surface area contributed by atoms with Gasteiger partial charge in [-0.3, -0.25) is 4.79 Å². The third-order valence-electron chi connectivity index (χ3n) is 2.20. The summed E-state index contributed by atoms with van der Waals surface area (Å²) in [6.07, 6.45) is 6.96. The Balaban J connectivity index is 2.07. The van der Waals surface area contributed by atoms with Gasteiger partial charge < -0.3 is 9.88 Å². The zero-order chi connectivity index (χ0) is 11.1. The van der Waals surface area contributed by atoms with Crippen LogP contribution in [-0.2, 0) is 11.3 Å². The maximum Gasteiger partial charge on any atom is 0.220 e. The predicted octanol–water partition coefficient (Wildman–Crippen LogP) is 1.44. The Morgan fingerprint density at radius 2 is 2.33 bits per heavy atom. The molecule has 1 N–H and O–H groups in total. The van der Waals surface area contributed by atoms with Crippen LogP contribution in [-0.4, -0.2) is 22.0 Å². The molecule has 1 amide bonds. The van der Waals surface area contributed by atoms with Gasteiger partial charge in [0.2, 0.25) is 5.91 Å². The second-order valence-electron chi connectivity index (χ2n) is 4.08. The molecular weight excluding hydrogens is 190 g/mol. The molecule has 1 rings (SSSR count). The lowest BCUT2D eigenvalue weighted by molar-refractivity contribution is -0.121. The monoisotopic (exact) mass is 209 g/mol. The fraction of sp³-hybridized carbons (Fsp3) is 0.636. The lowest BCUT2D eigenvalue weighted by atomic mass is 10.1. The Morgan fingerprint density at radius 1 is 1.53 bits per heavy atom. The Morgan fingerprint density at radius 3 is 2.93 bits per heavy atom. The van der Waals surface area contributed by atoms with Crippen molar-refractivity contribution in [3.63, 3.8) is 0 Å². The molecule has 0 aliphatic heterocycles. The molecule has 0 spiro atoms. The average Bonchev–Trinajstić information content (AvgIpc) is 2.67. The van der Waals surface area contributed by atoms with Crippen molar-refractivity contribution in [3.8, 4) is 0 Å². The third kappa shape index (κ3) is 5.20. The first-order chi connectivity index (χ1) is 7.18. The minimum absolute atomic E-state index is 0.142. The first-order valence-corrected chi connectivity index (χ1v) is 5.41. The summed E-state index contributed by atoms with van der Waals surface area (Å²) in [5, 5.41) is 2.89. The van der Waals surface area contributed by atoms with E-state index >= 15 is 0 Å². The van der Waals surface area contributed by atoms with Crippen molar-refractivity contribution in [2.45, 2.75) is 33.2 Å². The number of nitrogens with zero attached hydrogens (tertiary/aromatic N) is 2. The van der Waals surface area contributed by atoms with Gasteiger partial charge in [0, 0.05) is 31.9 Å². The summed E-state index contributed by atoms with van der Waals surface area (Å²) in [6.45, 7) is 5.71. The Labute approximate surface area is 90.7 Å². The first-order valence-electron chi connectivity index (χ1n) is 5.41. The summed E-state index contributed by atoms with van der Waals surface area (Å²) < 4.78 is 1.95. The SMILES string of the molecule is CC(C)CCC(=O)NCCn1ccnc1. The zero-order valence-electron chi connectivity index (χ0n) is 9.44. The van der Waals surface area contributed by atoms with E-state index in [4.69, 9.17) is 0 Å². The molecule has 84 valence electrons. The van der Waals surface area contributed by atoms with E-state index in [1.807, 2.05) is 10.8 Å².